The lowest BCUT2D eigenvalue weighted by Crippen LogP contribution is -2.65. The topological polar surface area (TPSA) is 74.7 Å². The number of carbonyl (C=O) groups is 3. The van der Waals surface area contributed by atoms with E-state index in [1.165, 1.54) is 4.90 Å². The van der Waals surface area contributed by atoms with E-state index >= 15 is 0 Å². The highest BCUT2D eigenvalue weighted by Crippen LogP contribution is 2.43. The summed E-state index contributed by atoms with van der Waals surface area (Å²) in [5.41, 5.74) is 2.33. The Kier molecular flexibility index (Phi) is 6.75. The van der Waals surface area contributed by atoms with Crippen molar-refractivity contribution in [2.75, 3.05) is 13.2 Å². The van der Waals surface area contributed by atoms with Gasteiger partial charge in [0.05, 0.1) is 0 Å². The molecule has 1 fully saturated rings. The number of carbonyl (C=O) groups excluding carboxylic acids is 3. The van der Waals surface area contributed by atoms with Crippen LogP contribution in [0.15, 0.2) is 78.9 Å². The maximum atomic E-state index is 14.2. The van der Waals surface area contributed by atoms with Gasteiger partial charge in [-0.3, -0.25) is 14.4 Å². The van der Waals surface area contributed by atoms with Gasteiger partial charge in [0, 0.05) is 17.7 Å². The van der Waals surface area contributed by atoms with E-state index in [2.05, 4.69) is 6.92 Å². The third-order valence-electron chi connectivity index (χ3n) is 7.05. The van der Waals surface area contributed by atoms with Crippen LogP contribution in [0.3, 0.4) is 0 Å². The first-order valence-corrected chi connectivity index (χ1v) is 11.6. The summed E-state index contributed by atoms with van der Waals surface area (Å²) < 4.78 is 0. The zero-order chi connectivity index (χ0) is 24.3. The predicted octanol–water partition coefficient (Wildman–Crippen LogP) is 4.51. The molecule has 1 atom stereocenters. The van der Waals surface area contributed by atoms with E-state index in [1.807, 2.05) is 25.1 Å². The molecular weight excluding hydrogens is 426 g/mol. The average Bonchev–Trinajstić information content (AvgIpc) is 2.89. The molecule has 0 radical (unpaired) electrons. The molecule has 1 amide bonds. The second kappa shape index (κ2) is 9.74. The number of nitrogens with zero attached hydrogens (tertiary/aromatic N) is 1. The molecule has 0 aromatic heterocycles. The number of aliphatic hydroxyl groups excluding tert-OH is 1. The fourth-order valence-electron chi connectivity index (χ4n) is 5.14. The van der Waals surface area contributed by atoms with Crippen molar-refractivity contribution in [3.05, 3.63) is 107 Å². The van der Waals surface area contributed by atoms with Gasteiger partial charge in [-0.15, -0.1) is 0 Å². The zero-order valence-corrected chi connectivity index (χ0v) is 19.5. The van der Waals surface area contributed by atoms with E-state index in [-0.39, 0.29) is 18.9 Å². The van der Waals surface area contributed by atoms with Crippen LogP contribution in [0.25, 0.3) is 0 Å². The van der Waals surface area contributed by atoms with E-state index in [0.29, 0.717) is 17.5 Å². The number of rotatable bonds is 6. The number of Topliss-reactive ketones (excluding diaryl/α,β-unsaturated/α-hetero) is 2. The van der Waals surface area contributed by atoms with Crippen molar-refractivity contribution in [2.24, 2.45) is 0 Å². The number of ketones is 2. The van der Waals surface area contributed by atoms with Gasteiger partial charge in [0.2, 0.25) is 5.91 Å². The SMILES string of the molecule is Cc1cccc(C2CCN(C(=O)CO)C(C(=O)c3ccccc3)(C(=O)c3ccccc3)C2)c1C. The molecule has 4 rings (SSSR count). The third kappa shape index (κ3) is 4.08. The lowest BCUT2D eigenvalue weighted by Gasteiger charge is -2.47. The minimum Gasteiger partial charge on any atom is -0.387 e. The highest BCUT2D eigenvalue weighted by Gasteiger charge is 2.56. The summed E-state index contributed by atoms with van der Waals surface area (Å²) in [5, 5.41) is 9.77. The summed E-state index contributed by atoms with van der Waals surface area (Å²) in [6.07, 6.45) is 0.756. The van der Waals surface area contributed by atoms with Crippen molar-refractivity contribution in [1.82, 2.24) is 4.90 Å². The maximum Gasteiger partial charge on any atom is 0.249 e. The highest BCUT2D eigenvalue weighted by molar-refractivity contribution is 6.25. The van der Waals surface area contributed by atoms with Crippen molar-refractivity contribution in [1.29, 1.82) is 0 Å². The van der Waals surface area contributed by atoms with E-state index in [4.69, 9.17) is 0 Å². The summed E-state index contributed by atoms with van der Waals surface area (Å²) >= 11 is 0. The third-order valence-corrected chi connectivity index (χ3v) is 7.05. The monoisotopic (exact) mass is 455 g/mol. The largest absolute Gasteiger partial charge is 0.387 e. The molecule has 0 aliphatic carbocycles. The first-order chi connectivity index (χ1) is 16.4. The van der Waals surface area contributed by atoms with Crippen molar-refractivity contribution in [2.45, 2.75) is 38.1 Å². The minimum absolute atomic E-state index is 0.0945. The van der Waals surface area contributed by atoms with Gasteiger partial charge < -0.3 is 10.0 Å². The van der Waals surface area contributed by atoms with Crippen LogP contribution in [0.5, 0.6) is 0 Å². The van der Waals surface area contributed by atoms with Gasteiger partial charge >= 0.3 is 0 Å². The number of aryl methyl sites for hydroxylation is 1. The maximum absolute atomic E-state index is 14.2. The number of hydrogen-bond acceptors (Lipinski definition) is 4. The molecule has 1 saturated heterocycles. The van der Waals surface area contributed by atoms with Crippen LogP contribution in [-0.2, 0) is 4.79 Å². The molecule has 1 N–H and O–H groups in total. The Morgan fingerprint density at radius 3 is 1.94 bits per heavy atom. The molecule has 3 aromatic carbocycles. The van der Waals surface area contributed by atoms with Crippen molar-refractivity contribution in [3.8, 4) is 0 Å². The van der Waals surface area contributed by atoms with E-state index in [9.17, 15) is 19.5 Å². The van der Waals surface area contributed by atoms with E-state index in [1.54, 1.807) is 60.7 Å². The standard InChI is InChI=1S/C29H29NO4/c1-20-10-9-15-25(21(20)2)24-16-17-30(26(32)19-31)29(18-24,27(33)22-11-5-3-6-12-22)28(34)23-13-7-4-8-14-23/h3-15,24,31H,16-19H2,1-2H3. The molecule has 3 aromatic rings. The van der Waals surface area contributed by atoms with E-state index < -0.39 is 29.6 Å². The van der Waals surface area contributed by atoms with Gasteiger partial charge in [-0.25, -0.2) is 0 Å². The quantitative estimate of drug-likeness (QED) is 0.439. The first-order valence-electron chi connectivity index (χ1n) is 11.6. The van der Waals surface area contributed by atoms with Crippen LogP contribution in [0.4, 0.5) is 0 Å². The number of amides is 1. The summed E-state index contributed by atoms with van der Waals surface area (Å²) in [7, 11) is 0. The first kappa shape index (κ1) is 23.6. The molecule has 174 valence electrons. The fourth-order valence-corrected chi connectivity index (χ4v) is 5.14. The van der Waals surface area contributed by atoms with Crippen LogP contribution in [0.2, 0.25) is 0 Å². The van der Waals surface area contributed by atoms with Crippen LogP contribution in [0, 0.1) is 13.8 Å². The van der Waals surface area contributed by atoms with Gasteiger partial charge in [-0.2, -0.15) is 0 Å². The van der Waals surface area contributed by atoms with Gasteiger partial charge in [0.25, 0.3) is 0 Å². The Morgan fingerprint density at radius 1 is 0.853 bits per heavy atom. The molecule has 5 heteroatoms. The van der Waals surface area contributed by atoms with Crippen LogP contribution in [-0.4, -0.2) is 46.2 Å². The van der Waals surface area contributed by atoms with Gasteiger partial charge in [-0.1, -0.05) is 78.9 Å². The Labute approximate surface area is 200 Å². The van der Waals surface area contributed by atoms with Crippen molar-refractivity contribution in [3.63, 3.8) is 0 Å². The van der Waals surface area contributed by atoms with Gasteiger partial charge in [-0.05, 0) is 49.3 Å². The second-order valence-corrected chi connectivity index (χ2v) is 8.93. The molecule has 1 aliphatic heterocycles. The summed E-state index contributed by atoms with van der Waals surface area (Å²) in [4.78, 5) is 42.7. The van der Waals surface area contributed by atoms with Gasteiger partial charge in [0.15, 0.2) is 17.1 Å². The highest BCUT2D eigenvalue weighted by atomic mass is 16.3. The molecule has 34 heavy (non-hydrogen) atoms. The molecule has 1 heterocycles. The zero-order valence-electron chi connectivity index (χ0n) is 19.5. The fraction of sp³-hybridized carbons (Fsp3) is 0.276. The number of hydrogen-bond donors (Lipinski definition) is 1. The number of benzene rings is 3. The smallest absolute Gasteiger partial charge is 0.249 e. The Morgan fingerprint density at radius 2 is 1.41 bits per heavy atom. The van der Waals surface area contributed by atoms with Gasteiger partial charge in [0.1, 0.15) is 6.61 Å². The summed E-state index contributed by atoms with van der Waals surface area (Å²) in [5.74, 6) is -1.55. The van der Waals surface area contributed by atoms with E-state index in [0.717, 1.165) is 16.7 Å². The van der Waals surface area contributed by atoms with Crippen LogP contribution in [0.1, 0.15) is 56.2 Å². The lowest BCUT2D eigenvalue weighted by atomic mass is 9.69. The van der Waals surface area contributed by atoms with Crippen LogP contribution >= 0.6 is 0 Å². The number of piperidine rings is 1. The van der Waals surface area contributed by atoms with Crippen molar-refractivity contribution >= 4 is 17.5 Å². The molecular formula is C29H29NO4. The lowest BCUT2D eigenvalue weighted by molar-refractivity contribution is -0.139. The molecule has 1 aliphatic rings. The summed E-state index contributed by atoms with van der Waals surface area (Å²) in [6.45, 7) is 3.53. The molecule has 0 saturated carbocycles. The second-order valence-electron chi connectivity index (χ2n) is 8.93. The molecule has 1 unspecified atom stereocenters. The minimum atomic E-state index is -1.75. The molecule has 5 nitrogen and oxygen atoms in total. The van der Waals surface area contributed by atoms with Crippen LogP contribution < -0.4 is 0 Å². The summed E-state index contributed by atoms with van der Waals surface area (Å²) in [6, 6.07) is 23.4. The Bertz CT molecular complexity index is 1150. The normalized spacial score (nSPS) is 17.3. The predicted molar refractivity (Wildman–Crippen MR) is 131 cm³/mol. The molecule has 0 bridgehead atoms. The Balaban J connectivity index is 1.92. The van der Waals surface area contributed by atoms with Crippen molar-refractivity contribution < 1.29 is 19.5 Å². The average molecular weight is 456 g/mol. The Hall–Kier alpha value is -3.57. The number of likely N-dealkylation sites (tertiary alicyclic amines) is 1. The number of aliphatic hydroxyl groups is 1. The molecule has 0 spiro atoms.